The number of halogens is 1. The van der Waals surface area contributed by atoms with Gasteiger partial charge in [0.1, 0.15) is 0 Å². The molecule has 1 aromatic heterocycles. The molecule has 33 heavy (non-hydrogen) atoms. The van der Waals surface area contributed by atoms with E-state index in [9.17, 15) is 9.59 Å². The Morgan fingerprint density at radius 3 is 2.52 bits per heavy atom. The van der Waals surface area contributed by atoms with Gasteiger partial charge in [0.2, 0.25) is 0 Å². The van der Waals surface area contributed by atoms with Gasteiger partial charge in [0.15, 0.2) is 11.0 Å². The number of esters is 1. The van der Waals surface area contributed by atoms with Gasteiger partial charge in [-0.15, -0.1) is 10.2 Å². The number of ether oxygens (including phenoxy) is 1. The van der Waals surface area contributed by atoms with Crippen LogP contribution in [0.15, 0.2) is 75.4 Å². The van der Waals surface area contributed by atoms with Gasteiger partial charge in [-0.3, -0.25) is 9.36 Å². The molecule has 0 unspecified atom stereocenters. The normalized spacial score (nSPS) is 10.9. The predicted molar refractivity (Wildman–Crippen MR) is 132 cm³/mol. The van der Waals surface area contributed by atoms with Crippen LogP contribution in [0.4, 0.5) is 0 Å². The van der Waals surface area contributed by atoms with Crippen molar-refractivity contribution in [2.75, 3.05) is 12.9 Å². The molecule has 0 atom stereocenters. The molecule has 0 fully saturated rings. The van der Waals surface area contributed by atoms with Crippen LogP contribution >= 0.6 is 27.7 Å². The largest absolute Gasteiger partial charge is 0.465 e. The minimum atomic E-state index is -0.411. The number of aromatic nitrogens is 3. The van der Waals surface area contributed by atoms with Crippen LogP contribution in [0.3, 0.4) is 0 Å². The SMILES string of the molecule is C=C(C)Cn1c(SCC(=O)N/N=C/c2ccc(C(=O)OC)cc2)nnc1-c1ccc(Br)cc1. The number of carbonyl (C=O) groups is 2. The number of allylic oxidation sites excluding steroid dienone is 1. The third-order valence-electron chi connectivity index (χ3n) is 4.31. The monoisotopic (exact) mass is 527 g/mol. The van der Waals surface area contributed by atoms with E-state index in [1.54, 1.807) is 24.3 Å². The summed E-state index contributed by atoms with van der Waals surface area (Å²) in [6, 6.07) is 14.5. The molecule has 0 saturated carbocycles. The molecule has 0 aliphatic rings. The van der Waals surface area contributed by atoms with Crippen molar-refractivity contribution in [3.8, 4) is 11.4 Å². The number of nitrogens with zero attached hydrogens (tertiary/aromatic N) is 4. The van der Waals surface area contributed by atoms with Crippen molar-refractivity contribution in [2.45, 2.75) is 18.6 Å². The van der Waals surface area contributed by atoms with Gasteiger partial charge < -0.3 is 4.74 Å². The topological polar surface area (TPSA) is 98.5 Å². The van der Waals surface area contributed by atoms with Gasteiger partial charge in [0, 0.05) is 16.6 Å². The lowest BCUT2D eigenvalue weighted by Crippen LogP contribution is -2.20. The van der Waals surface area contributed by atoms with Gasteiger partial charge in [0.25, 0.3) is 5.91 Å². The van der Waals surface area contributed by atoms with Crippen LogP contribution in [0.1, 0.15) is 22.8 Å². The fraction of sp³-hybridized carbons (Fsp3) is 0.174. The van der Waals surface area contributed by atoms with Crippen molar-refractivity contribution in [2.24, 2.45) is 5.10 Å². The molecular weight excluding hydrogens is 506 g/mol. The van der Waals surface area contributed by atoms with E-state index in [0.717, 1.165) is 21.2 Å². The molecule has 1 N–H and O–H groups in total. The first kappa shape index (κ1) is 24.4. The van der Waals surface area contributed by atoms with Crippen LogP contribution in [-0.4, -0.2) is 45.7 Å². The van der Waals surface area contributed by atoms with Gasteiger partial charge in [-0.25, -0.2) is 10.2 Å². The number of hydrogen-bond acceptors (Lipinski definition) is 7. The summed E-state index contributed by atoms with van der Waals surface area (Å²) < 4.78 is 7.58. The number of hydrazone groups is 1. The standard InChI is InChI=1S/C23H22BrN5O3S/c1-15(2)13-29-21(17-8-10-19(24)11-9-17)27-28-23(29)33-14-20(30)26-25-12-16-4-6-18(7-5-16)22(31)32-3/h4-12H,1,13-14H2,2-3H3,(H,26,30)/b25-12+. The number of thioether (sulfide) groups is 1. The van der Waals surface area contributed by atoms with Crippen LogP contribution in [-0.2, 0) is 16.1 Å². The number of benzene rings is 2. The zero-order valence-corrected chi connectivity index (χ0v) is 20.5. The smallest absolute Gasteiger partial charge is 0.337 e. The molecule has 0 aliphatic heterocycles. The Bertz CT molecular complexity index is 1170. The molecule has 1 heterocycles. The van der Waals surface area contributed by atoms with E-state index in [-0.39, 0.29) is 11.7 Å². The van der Waals surface area contributed by atoms with Crippen molar-refractivity contribution >= 4 is 45.8 Å². The lowest BCUT2D eigenvalue weighted by Gasteiger charge is -2.10. The minimum Gasteiger partial charge on any atom is -0.465 e. The Balaban J connectivity index is 1.61. The van der Waals surface area contributed by atoms with Crippen molar-refractivity contribution in [3.63, 3.8) is 0 Å². The zero-order valence-electron chi connectivity index (χ0n) is 18.1. The molecule has 0 saturated heterocycles. The first-order chi connectivity index (χ1) is 15.9. The van der Waals surface area contributed by atoms with Crippen molar-refractivity contribution in [1.82, 2.24) is 20.2 Å². The maximum absolute atomic E-state index is 12.2. The molecule has 0 spiro atoms. The van der Waals surface area contributed by atoms with E-state index in [0.29, 0.717) is 23.1 Å². The average molecular weight is 528 g/mol. The van der Waals surface area contributed by atoms with Crippen LogP contribution < -0.4 is 5.43 Å². The van der Waals surface area contributed by atoms with Crippen LogP contribution in [0.25, 0.3) is 11.4 Å². The quantitative estimate of drug-likeness (QED) is 0.146. The highest BCUT2D eigenvalue weighted by Crippen LogP contribution is 2.26. The molecule has 3 aromatic rings. The third kappa shape index (κ3) is 6.87. The second-order valence-electron chi connectivity index (χ2n) is 7.05. The molecule has 2 aromatic carbocycles. The van der Waals surface area contributed by atoms with Crippen LogP contribution in [0.5, 0.6) is 0 Å². The molecule has 3 rings (SSSR count). The Kier molecular flexibility index (Phi) is 8.56. The number of rotatable bonds is 9. The van der Waals surface area contributed by atoms with E-state index < -0.39 is 5.97 Å². The highest BCUT2D eigenvalue weighted by atomic mass is 79.9. The van der Waals surface area contributed by atoms with Crippen LogP contribution in [0.2, 0.25) is 0 Å². The maximum Gasteiger partial charge on any atom is 0.337 e. The number of carbonyl (C=O) groups excluding carboxylic acids is 2. The Hall–Kier alpha value is -3.24. The molecule has 1 amide bonds. The van der Waals surface area contributed by atoms with Crippen molar-refractivity contribution in [1.29, 1.82) is 0 Å². The van der Waals surface area contributed by atoms with Crippen molar-refractivity contribution in [3.05, 3.63) is 76.3 Å². The van der Waals surface area contributed by atoms with E-state index in [2.05, 4.69) is 48.0 Å². The fourth-order valence-electron chi connectivity index (χ4n) is 2.78. The summed E-state index contributed by atoms with van der Waals surface area (Å²) in [5.74, 6) is 0.138. The van der Waals surface area contributed by atoms with Gasteiger partial charge in [0.05, 0.1) is 24.6 Å². The first-order valence-electron chi connectivity index (χ1n) is 9.84. The summed E-state index contributed by atoms with van der Waals surface area (Å²) in [4.78, 5) is 23.7. The van der Waals surface area contributed by atoms with Crippen molar-refractivity contribution < 1.29 is 14.3 Å². The Morgan fingerprint density at radius 2 is 1.88 bits per heavy atom. The lowest BCUT2D eigenvalue weighted by atomic mass is 10.1. The van der Waals surface area contributed by atoms with Gasteiger partial charge >= 0.3 is 5.97 Å². The average Bonchev–Trinajstić information content (AvgIpc) is 3.19. The van der Waals surface area contributed by atoms with Crippen LogP contribution in [0, 0.1) is 0 Å². The Morgan fingerprint density at radius 1 is 1.18 bits per heavy atom. The molecule has 0 bridgehead atoms. The molecule has 0 radical (unpaired) electrons. The summed E-state index contributed by atoms with van der Waals surface area (Å²) in [5.41, 5.74) is 5.54. The molecule has 170 valence electrons. The predicted octanol–water partition coefficient (Wildman–Crippen LogP) is 4.31. The lowest BCUT2D eigenvalue weighted by molar-refractivity contribution is -0.118. The summed E-state index contributed by atoms with van der Waals surface area (Å²) in [5, 5.41) is 13.2. The highest BCUT2D eigenvalue weighted by molar-refractivity contribution is 9.10. The summed E-state index contributed by atoms with van der Waals surface area (Å²) in [6.45, 7) is 6.46. The molecule has 8 nitrogen and oxygen atoms in total. The third-order valence-corrected chi connectivity index (χ3v) is 5.81. The Labute approximate surface area is 204 Å². The van der Waals surface area contributed by atoms with Gasteiger partial charge in [-0.2, -0.15) is 5.10 Å². The fourth-order valence-corrected chi connectivity index (χ4v) is 3.78. The summed E-state index contributed by atoms with van der Waals surface area (Å²) >= 11 is 4.71. The second-order valence-corrected chi connectivity index (χ2v) is 8.91. The van der Waals surface area contributed by atoms with E-state index in [1.165, 1.54) is 25.1 Å². The van der Waals surface area contributed by atoms with E-state index in [1.807, 2.05) is 35.8 Å². The van der Waals surface area contributed by atoms with Gasteiger partial charge in [-0.05, 0) is 36.8 Å². The zero-order chi connectivity index (χ0) is 23.8. The summed E-state index contributed by atoms with van der Waals surface area (Å²) in [7, 11) is 1.33. The van der Waals surface area contributed by atoms with E-state index in [4.69, 9.17) is 0 Å². The number of amides is 1. The number of methoxy groups -OCH3 is 1. The molecular formula is C23H22BrN5O3S. The highest BCUT2D eigenvalue weighted by Gasteiger charge is 2.16. The minimum absolute atomic E-state index is 0.118. The molecule has 10 heteroatoms. The maximum atomic E-state index is 12.2. The molecule has 0 aliphatic carbocycles. The first-order valence-corrected chi connectivity index (χ1v) is 11.6. The number of hydrogen-bond donors (Lipinski definition) is 1. The van der Waals surface area contributed by atoms with Gasteiger partial charge in [-0.1, -0.05) is 64.1 Å². The number of nitrogens with one attached hydrogen (secondary N) is 1. The van der Waals surface area contributed by atoms with E-state index >= 15 is 0 Å². The second kappa shape index (κ2) is 11.6. The summed E-state index contributed by atoms with van der Waals surface area (Å²) in [6.07, 6.45) is 1.50.